The summed E-state index contributed by atoms with van der Waals surface area (Å²) in [5.41, 5.74) is 1.21. The largest absolute Gasteiger partial charge is 0.357 e. The number of hydrogen-bond donors (Lipinski definition) is 1. The normalized spacial score (nSPS) is 9.45. The molecule has 3 heteroatoms. The van der Waals surface area contributed by atoms with Crippen LogP contribution in [-0.2, 0) is 13.6 Å². The Hall–Kier alpha value is -1.27. The molecule has 1 rings (SSSR count). The summed E-state index contributed by atoms with van der Waals surface area (Å²) in [4.78, 5) is 0. The van der Waals surface area contributed by atoms with Crippen LogP contribution in [0.4, 0.5) is 0 Å². The van der Waals surface area contributed by atoms with Gasteiger partial charge in [0.25, 0.3) is 0 Å². The number of nitrogens with zero attached hydrogens (tertiary/aromatic N) is 2. The van der Waals surface area contributed by atoms with E-state index in [2.05, 4.69) is 5.32 Å². The van der Waals surface area contributed by atoms with E-state index in [0.717, 1.165) is 6.54 Å². The monoisotopic (exact) mass is 149 g/mol. The molecule has 0 aliphatic carbocycles. The Labute approximate surface area is 66.3 Å². The Morgan fingerprint density at radius 1 is 1.73 bits per heavy atom. The van der Waals surface area contributed by atoms with Crippen LogP contribution in [0.3, 0.4) is 0 Å². The fourth-order valence-electron chi connectivity index (χ4n) is 0.928. The van der Waals surface area contributed by atoms with Gasteiger partial charge in [0.1, 0.15) is 0 Å². The van der Waals surface area contributed by atoms with Crippen LogP contribution >= 0.6 is 0 Å². The topological polar surface area (TPSA) is 40.8 Å². The Bertz CT molecular complexity index is 257. The first-order valence-corrected chi connectivity index (χ1v) is 3.51. The molecule has 1 aromatic heterocycles. The summed E-state index contributed by atoms with van der Waals surface area (Å²) in [6, 6.07) is 4.06. The van der Waals surface area contributed by atoms with Crippen molar-refractivity contribution in [1.29, 1.82) is 5.26 Å². The van der Waals surface area contributed by atoms with E-state index < -0.39 is 0 Å². The second-order valence-electron chi connectivity index (χ2n) is 2.45. The predicted octanol–water partition coefficient (Wildman–Crippen LogP) is 0.638. The van der Waals surface area contributed by atoms with Gasteiger partial charge in [0.05, 0.1) is 12.6 Å². The highest BCUT2D eigenvalue weighted by Crippen LogP contribution is 1.97. The van der Waals surface area contributed by atoms with E-state index in [0.29, 0.717) is 6.54 Å². The van der Waals surface area contributed by atoms with Crippen molar-refractivity contribution in [2.24, 2.45) is 7.05 Å². The van der Waals surface area contributed by atoms with Crippen LogP contribution in [0.5, 0.6) is 0 Å². The first-order chi connectivity index (χ1) is 5.33. The molecule has 0 fully saturated rings. The Kier molecular flexibility index (Phi) is 2.70. The van der Waals surface area contributed by atoms with Crippen LogP contribution in [0, 0.1) is 11.3 Å². The smallest absolute Gasteiger partial charge is 0.0843 e. The van der Waals surface area contributed by atoms with Gasteiger partial charge >= 0.3 is 0 Å². The molecule has 0 unspecified atom stereocenters. The van der Waals surface area contributed by atoms with Crippen molar-refractivity contribution in [1.82, 2.24) is 9.88 Å². The molecule has 0 radical (unpaired) electrons. The molecule has 3 nitrogen and oxygen atoms in total. The van der Waals surface area contributed by atoms with E-state index in [-0.39, 0.29) is 0 Å². The summed E-state index contributed by atoms with van der Waals surface area (Å²) < 4.78 is 1.99. The van der Waals surface area contributed by atoms with Gasteiger partial charge in [-0.1, -0.05) is 0 Å². The van der Waals surface area contributed by atoms with Gasteiger partial charge in [-0.2, -0.15) is 5.26 Å². The van der Waals surface area contributed by atoms with Crippen LogP contribution in [0.2, 0.25) is 0 Å². The van der Waals surface area contributed by atoms with Crippen molar-refractivity contribution in [2.75, 3.05) is 6.54 Å². The predicted molar refractivity (Wildman–Crippen MR) is 42.7 cm³/mol. The minimum absolute atomic E-state index is 0.412. The van der Waals surface area contributed by atoms with Gasteiger partial charge in [0.15, 0.2) is 0 Å². The summed E-state index contributed by atoms with van der Waals surface area (Å²) in [6.07, 6.45) is 4.02. The molecule has 0 spiro atoms. The number of nitrogens with one attached hydrogen (secondary N) is 1. The average molecular weight is 149 g/mol. The first kappa shape index (κ1) is 7.83. The molecule has 0 amide bonds. The van der Waals surface area contributed by atoms with Crippen molar-refractivity contribution >= 4 is 0 Å². The van der Waals surface area contributed by atoms with E-state index in [4.69, 9.17) is 5.26 Å². The number of aromatic nitrogens is 1. The van der Waals surface area contributed by atoms with Crippen molar-refractivity contribution in [3.8, 4) is 6.07 Å². The molecule has 58 valence electrons. The van der Waals surface area contributed by atoms with Gasteiger partial charge in [0, 0.05) is 26.0 Å². The van der Waals surface area contributed by atoms with E-state index >= 15 is 0 Å². The lowest BCUT2D eigenvalue weighted by Gasteiger charge is -1.94. The zero-order chi connectivity index (χ0) is 8.10. The molecule has 0 bridgehead atoms. The third-order valence-corrected chi connectivity index (χ3v) is 1.43. The summed E-state index contributed by atoms with van der Waals surface area (Å²) >= 11 is 0. The maximum Gasteiger partial charge on any atom is 0.0843 e. The zero-order valence-electron chi connectivity index (χ0n) is 6.54. The highest BCUT2D eigenvalue weighted by Gasteiger charge is 1.91. The summed E-state index contributed by atoms with van der Waals surface area (Å²) in [7, 11) is 1.98. The Balaban J connectivity index is 2.34. The molecule has 1 aromatic rings. The van der Waals surface area contributed by atoms with Crippen molar-refractivity contribution in [3.05, 3.63) is 24.0 Å². The third kappa shape index (κ3) is 2.44. The molecular weight excluding hydrogens is 138 g/mol. The lowest BCUT2D eigenvalue weighted by molar-refractivity contribution is 0.762. The van der Waals surface area contributed by atoms with Crippen LogP contribution in [0.15, 0.2) is 18.5 Å². The zero-order valence-corrected chi connectivity index (χ0v) is 6.54. The fraction of sp³-hybridized carbons (Fsp3) is 0.375. The van der Waals surface area contributed by atoms with E-state index in [1.54, 1.807) is 0 Å². The molecule has 0 saturated heterocycles. The average Bonchev–Trinajstić information content (AvgIpc) is 2.37. The SMILES string of the molecule is Cn1ccc(CNCC#N)c1. The minimum atomic E-state index is 0.412. The quantitative estimate of drug-likeness (QED) is 0.506. The molecule has 0 saturated carbocycles. The van der Waals surface area contributed by atoms with Gasteiger partial charge in [-0.05, 0) is 11.6 Å². The van der Waals surface area contributed by atoms with E-state index in [1.165, 1.54) is 5.56 Å². The van der Waals surface area contributed by atoms with E-state index in [1.807, 2.05) is 36.1 Å². The molecule has 1 N–H and O–H groups in total. The van der Waals surface area contributed by atoms with E-state index in [9.17, 15) is 0 Å². The van der Waals surface area contributed by atoms with Gasteiger partial charge in [-0.3, -0.25) is 0 Å². The Morgan fingerprint density at radius 2 is 2.55 bits per heavy atom. The Morgan fingerprint density at radius 3 is 3.09 bits per heavy atom. The summed E-state index contributed by atoms with van der Waals surface area (Å²) in [5, 5.41) is 11.2. The molecular formula is C8H11N3. The van der Waals surface area contributed by atoms with Crippen molar-refractivity contribution < 1.29 is 0 Å². The lowest BCUT2D eigenvalue weighted by Crippen LogP contribution is -2.12. The molecule has 0 aliphatic rings. The van der Waals surface area contributed by atoms with Crippen LogP contribution in [0.25, 0.3) is 0 Å². The van der Waals surface area contributed by atoms with Crippen molar-refractivity contribution in [2.45, 2.75) is 6.54 Å². The van der Waals surface area contributed by atoms with Crippen LogP contribution < -0.4 is 5.32 Å². The van der Waals surface area contributed by atoms with Gasteiger partial charge < -0.3 is 9.88 Å². The van der Waals surface area contributed by atoms with Gasteiger partial charge in [0.2, 0.25) is 0 Å². The fourth-order valence-corrected chi connectivity index (χ4v) is 0.928. The second-order valence-corrected chi connectivity index (χ2v) is 2.45. The van der Waals surface area contributed by atoms with Crippen molar-refractivity contribution in [3.63, 3.8) is 0 Å². The lowest BCUT2D eigenvalue weighted by atomic mass is 10.3. The molecule has 1 heterocycles. The van der Waals surface area contributed by atoms with Crippen LogP contribution in [-0.4, -0.2) is 11.1 Å². The number of aryl methyl sites for hydroxylation is 1. The summed E-state index contributed by atoms with van der Waals surface area (Å²) in [5.74, 6) is 0. The van der Waals surface area contributed by atoms with Gasteiger partial charge in [-0.15, -0.1) is 0 Å². The highest BCUT2D eigenvalue weighted by molar-refractivity contribution is 5.09. The third-order valence-electron chi connectivity index (χ3n) is 1.43. The summed E-state index contributed by atoms with van der Waals surface area (Å²) in [6.45, 7) is 1.18. The molecule has 0 aromatic carbocycles. The highest BCUT2D eigenvalue weighted by atomic mass is 14.9. The maximum atomic E-state index is 8.23. The van der Waals surface area contributed by atoms with Gasteiger partial charge in [-0.25, -0.2) is 0 Å². The number of nitriles is 1. The first-order valence-electron chi connectivity index (χ1n) is 3.51. The second kappa shape index (κ2) is 3.79. The molecule has 0 aliphatic heterocycles. The molecule has 11 heavy (non-hydrogen) atoms. The minimum Gasteiger partial charge on any atom is -0.357 e. The maximum absolute atomic E-state index is 8.23. The van der Waals surface area contributed by atoms with Crippen LogP contribution in [0.1, 0.15) is 5.56 Å². The number of rotatable bonds is 3. The number of hydrogen-bond acceptors (Lipinski definition) is 2. The standard InChI is InChI=1S/C8H11N3/c1-11-5-2-8(7-11)6-10-4-3-9/h2,5,7,10H,4,6H2,1H3. The molecule has 0 atom stereocenters.